The van der Waals surface area contributed by atoms with E-state index in [1.165, 1.54) is 23.6 Å². The topological polar surface area (TPSA) is 101 Å². The molecule has 0 aliphatic carbocycles. The van der Waals surface area contributed by atoms with Crippen molar-refractivity contribution in [2.45, 2.75) is 24.9 Å². The van der Waals surface area contributed by atoms with Crippen molar-refractivity contribution in [1.29, 1.82) is 0 Å². The van der Waals surface area contributed by atoms with E-state index in [1.54, 1.807) is 5.51 Å². The Morgan fingerprint density at radius 2 is 2.33 bits per heavy atom. The van der Waals surface area contributed by atoms with Crippen LogP contribution < -0.4 is 10.5 Å². The molecule has 0 saturated heterocycles. The van der Waals surface area contributed by atoms with E-state index in [-0.39, 0.29) is 18.0 Å². The molecule has 4 N–H and O–H groups in total. The van der Waals surface area contributed by atoms with E-state index < -0.39 is 10.0 Å². The van der Waals surface area contributed by atoms with E-state index in [0.717, 1.165) is 10.6 Å². The summed E-state index contributed by atoms with van der Waals surface area (Å²) in [7, 11) is -3.50. The second-order valence-electron chi connectivity index (χ2n) is 3.75. The highest BCUT2D eigenvalue weighted by atomic mass is 32.2. The van der Waals surface area contributed by atoms with Gasteiger partial charge in [0, 0.05) is 29.9 Å². The Balaban J connectivity index is 2.10. The second-order valence-corrected chi connectivity index (χ2v) is 6.46. The molecule has 2 heterocycles. The summed E-state index contributed by atoms with van der Waals surface area (Å²) in [5.41, 5.74) is 8.65. The first kappa shape index (κ1) is 13.2. The van der Waals surface area contributed by atoms with E-state index in [0.29, 0.717) is 5.69 Å². The van der Waals surface area contributed by atoms with Crippen LogP contribution in [0.5, 0.6) is 0 Å². The molecule has 0 unspecified atom stereocenters. The molecule has 0 atom stereocenters. The van der Waals surface area contributed by atoms with Crippen molar-refractivity contribution in [3.8, 4) is 0 Å². The maximum Gasteiger partial charge on any atom is 0.242 e. The average molecular weight is 286 g/mol. The number of H-pyrrole nitrogens is 1. The minimum atomic E-state index is -3.50. The van der Waals surface area contributed by atoms with Crippen LogP contribution in [0.4, 0.5) is 0 Å². The number of aryl methyl sites for hydroxylation is 1. The molecule has 0 saturated carbocycles. The molecular formula is C10H14N4O2S2. The summed E-state index contributed by atoms with van der Waals surface area (Å²) in [6.07, 6.45) is 1.43. The van der Waals surface area contributed by atoms with Gasteiger partial charge in [0.1, 0.15) is 0 Å². The summed E-state index contributed by atoms with van der Waals surface area (Å²) in [6.45, 7) is 2.38. The van der Waals surface area contributed by atoms with Gasteiger partial charge in [0.05, 0.1) is 16.1 Å². The van der Waals surface area contributed by atoms with Crippen LogP contribution in [0, 0.1) is 6.92 Å². The Hall–Kier alpha value is -1.22. The quantitative estimate of drug-likeness (QED) is 0.753. The van der Waals surface area contributed by atoms with Gasteiger partial charge in [0.15, 0.2) is 0 Å². The summed E-state index contributed by atoms with van der Waals surface area (Å²) in [6, 6.07) is 1.53. The van der Waals surface area contributed by atoms with Crippen molar-refractivity contribution in [3.63, 3.8) is 0 Å². The van der Waals surface area contributed by atoms with Crippen LogP contribution in [0.3, 0.4) is 0 Å². The molecule has 0 aliphatic rings. The first-order valence-electron chi connectivity index (χ1n) is 5.29. The monoisotopic (exact) mass is 286 g/mol. The number of thiazole rings is 1. The Bertz CT molecular complexity index is 630. The van der Waals surface area contributed by atoms with E-state index in [4.69, 9.17) is 5.73 Å². The lowest BCUT2D eigenvalue weighted by Crippen LogP contribution is -2.22. The largest absolute Gasteiger partial charge is 0.363 e. The SMILES string of the molecule is Cc1ncsc1CNS(=O)(=O)c1c[nH]c(CN)c1. The third kappa shape index (κ3) is 2.78. The van der Waals surface area contributed by atoms with Crippen LogP contribution in [-0.2, 0) is 23.1 Å². The summed E-state index contributed by atoms with van der Waals surface area (Å²) < 4.78 is 26.5. The molecule has 2 aromatic rings. The smallest absolute Gasteiger partial charge is 0.242 e. The van der Waals surface area contributed by atoms with Gasteiger partial charge < -0.3 is 10.7 Å². The lowest BCUT2D eigenvalue weighted by Gasteiger charge is -2.03. The zero-order chi connectivity index (χ0) is 13.2. The van der Waals surface area contributed by atoms with Gasteiger partial charge in [-0.15, -0.1) is 11.3 Å². The van der Waals surface area contributed by atoms with Crippen molar-refractivity contribution < 1.29 is 8.42 Å². The first-order chi connectivity index (χ1) is 8.53. The zero-order valence-corrected chi connectivity index (χ0v) is 11.4. The fourth-order valence-corrected chi connectivity index (χ4v) is 3.25. The summed E-state index contributed by atoms with van der Waals surface area (Å²) in [4.78, 5) is 7.99. The number of hydrogen-bond donors (Lipinski definition) is 3. The van der Waals surface area contributed by atoms with Gasteiger partial charge in [0.25, 0.3) is 0 Å². The van der Waals surface area contributed by atoms with Crippen molar-refractivity contribution in [1.82, 2.24) is 14.7 Å². The van der Waals surface area contributed by atoms with E-state index in [2.05, 4.69) is 14.7 Å². The molecule has 0 aliphatic heterocycles. The molecule has 2 rings (SSSR count). The molecule has 6 nitrogen and oxygen atoms in total. The van der Waals surface area contributed by atoms with Gasteiger partial charge in [-0.3, -0.25) is 0 Å². The van der Waals surface area contributed by atoms with Crippen LogP contribution in [-0.4, -0.2) is 18.4 Å². The Morgan fingerprint density at radius 1 is 1.56 bits per heavy atom. The molecule has 8 heteroatoms. The maximum atomic E-state index is 12.0. The van der Waals surface area contributed by atoms with Gasteiger partial charge in [-0.1, -0.05) is 0 Å². The Labute approximate surface area is 109 Å². The predicted molar refractivity (Wildman–Crippen MR) is 69.6 cm³/mol. The Morgan fingerprint density at radius 3 is 2.89 bits per heavy atom. The van der Waals surface area contributed by atoms with Crippen LogP contribution in [0.1, 0.15) is 16.3 Å². The van der Waals surface area contributed by atoms with Crippen LogP contribution in [0.2, 0.25) is 0 Å². The molecule has 0 radical (unpaired) electrons. The molecule has 0 amide bonds. The highest BCUT2D eigenvalue weighted by Gasteiger charge is 2.16. The van der Waals surface area contributed by atoms with Gasteiger partial charge in [-0.2, -0.15) is 0 Å². The highest BCUT2D eigenvalue weighted by Crippen LogP contribution is 2.14. The lowest BCUT2D eigenvalue weighted by atomic mass is 10.4. The fraction of sp³-hybridized carbons (Fsp3) is 0.300. The number of aromatic nitrogens is 2. The van der Waals surface area contributed by atoms with Gasteiger partial charge in [-0.05, 0) is 13.0 Å². The van der Waals surface area contributed by atoms with E-state index in [1.807, 2.05) is 6.92 Å². The van der Waals surface area contributed by atoms with Crippen molar-refractivity contribution >= 4 is 21.4 Å². The number of sulfonamides is 1. The Kier molecular flexibility index (Phi) is 3.81. The minimum Gasteiger partial charge on any atom is -0.363 e. The number of rotatable bonds is 5. The standard InChI is InChI=1S/C10H14N4O2S2/c1-7-10(17-6-13-7)5-14-18(15,16)9-2-8(3-11)12-4-9/h2,4,6,12,14H,3,5,11H2,1H3. The van der Waals surface area contributed by atoms with Crippen LogP contribution >= 0.6 is 11.3 Å². The van der Waals surface area contributed by atoms with Crippen molar-refractivity contribution in [2.24, 2.45) is 5.73 Å². The third-order valence-corrected chi connectivity index (χ3v) is 4.83. The normalized spacial score (nSPS) is 11.9. The minimum absolute atomic E-state index is 0.199. The summed E-state index contributed by atoms with van der Waals surface area (Å²) in [5, 5.41) is 0. The summed E-state index contributed by atoms with van der Waals surface area (Å²) >= 11 is 1.43. The van der Waals surface area contributed by atoms with Crippen LogP contribution in [0.25, 0.3) is 0 Å². The number of nitrogens with one attached hydrogen (secondary N) is 2. The van der Waals surface area contributed by atoms with E-state index >= 15 is 0 Å². The predicted octanol–water partition coefficient (Wildman–Crippen LogP) is 0.717. The van der Waals surface area contributed by atoms with Crippen molar-refractivity contribution in [2.75, 3.05) is 0 Å². The first-order valence-corrected chi connectivity index (χ1v) is 7.65. The average Bonchev–Trinajstić information content (AvgIpc) is 2.95. The summed E-state index contributed by atoms with van der Waals surface area (Å²) in [5.74, 6) is 0. The number of hydrogen-bond acceptors (Lipinski definition) is 5. The number of aromatic amines is 1. The van der Waals surface area contributed by atoms with Crippen LogP contribution in [0.15, 0.2) is 22.7 Å². The lowest BCUT2D eigenvalue weighted by molar-refractivity contribution is 0.582. The van der Waals surface area contributed by atoms with Gasteiger partial charge >= 0.3 is 0 Å². The highest BCUT2D eigenvalue weighted by molar-refractivity contribution is 7.89. The fourth-order valence-electron chi connectivity index (χ4n) is 1.43. The molecular weight excluding hydrogens is 272 g/mol. The van der Waals surface area contributed by atoms with Crippen molar-refractivity contribution in [3.05, 3.63) is 34.0 Å². The molecule has 0 bridgehead atoms. The zero-order valence-electron chi connectivity index (χ0n) is 9.80. The molecule has 0 spiro atoms. The number of nitrogens with two attached hydrogens (primary N) is 1. The van der Waals surface area contributed by atoms with Gasteiger partial charge in [-0.25, -0.2) is 18.1 Å². The molecule has 98 valence electrons. The molecule has 0 aromatic carbocycles. The second kappa shape index (κ2) is 5.19. The molecule has 0 fully saturated rings. The maximum absolute atomic E-state index is 12.0. The number of nitrogens with zero attached hydrogens (tertiary/aromatic N) is 1. The van der Waals surface area contributed by atoms with Gasteiger partial charge in [0.2, 0.25) is 10.0 Å². The molecule has 18 heavy (non-hydrogen) atoms. The molecule has 2 aromatic heterocycles. The third-order valence-electron chi connectivity index (χ3n) is 2.51. The van der Waals surface area contributed by atoms with E-state index in [9.17, 15) is 8.42 Å².